The van der Waals surface area contributed by atoms with Gasteiger partial charge in [0.15, 0.2) is 0 Å². The number of hydrogen-bond donors (Lipinski definition) is 1. The molecule has 4 amide bonds. The number of amides is 4. The highest BCUT2D eigenvalue weighted by atomic mass is 16.6. The Kier molecular flexibility index (Phi) is 7.07. The quantitative estimate of drug-likeness (QED) is 0.135. The average molecular weight is 568 g/mol. The standard InChI is InChI=1S/C29H21N5O8/c1-17-14-19(15-24-27(35)30-29(37)32(28(24)36)20-6-4-3-5-7-20)18(2)31(17)21-8-11-23(12-9-21)42-26-13-10-22(33(38)39)16-25(26)34(40)41/h3-16H,1-2H3,(H,30,35,37)/b24-15+. The summed E-state index contributed by atoms with van der Waals surface area (Å²) >= 11 is 0. The van der Waals surface area contributed by atoms with Gasteiger partial charge in [-0.15, -0.1) is 0 Å². The molecule has 5 rings (SSSR count). The number of urea groups is 1. The number of aryl methyl sites for hydroxylation is 1. The topological polar surface area (TPSA) is 167 Å². The monoisotopic (exact) mass is 567 g/mol. The van der Waals surface area contributed by atoms with Gasteiger partial charge < -0.3 is 9.30 Å². The van der Waals surface area contributed by atoms with Gasteiger partial charge in [0.2, 0.25) is 5.75 Å². The van der Waals surface area contributed by atoms with E-state index in [-0.39, 0.29) is 17.1 Å². The van der Waals surface area contributed by atoms with Crippen LogP contribution in [0.15, 0.2) is 84.4 Å². The fourth-order valence-corrected chi connectivity index (χ4v) is 4.59. The van der Waals surface area contributed by atoms with Crippen molar-refractivity contribution in [1.29, 1.82) is 0 Å². The van der Waals surface area contributed by atoms with Crippen LogP contribution < -0.4 is 15.0 Å². The van der Waals surface area contributed by atoms with Crippen molar-refractivity contribution < 1.29 is 29.0 Å². The number of hydrogen-bond acceptors (Lipinski definition) is 8. The van der Waals surface area contributed by atoms with Crippen LogP contribution in [-0.4, -0.2) is 32.3 Å². The van der Waals surface area contributed by atoms with Crippen LogP contribution >= 0.6 is 0 Å². The van der Waals surface area contributed by atoms with Gasteiger partial charge in [0.1, 0.15) is 11.3 Å². The molecule has 1 fully saturated rings. The number of aromatic nitrogens is 1. The van der Waals surface area contributed by atoms with Crippen LogP contribution in [0.2, 0.25) is 0 Å². The summed E-state index contributed by atoms with van der Waals surface area (Å²) in [6, 6.07) is 18.9. The summed E-state index contributed by atoms with van der Waals surface area (Å²) in [7, 11) is 0. The Morgan fingerprint density at radius 1 is 0.833 bits per heavy atom. The summed E-state index contributed by atoms with van der Waals surface area (Å²) in [6.07, 6.45) is 1.43. The summed E-state index contributed by atoms with van der Waals surface area (Å²) in [5, 5.41) is 24.6. The van der Waals surface area contributed by atoms with Gasteiger partial charge in [-0.05, 0) is 74.0 Å². The van der Waals surface area contributed by atoms with Crippen LogP contribution in [0.25, 0.3) is 11.8 Å². The zero-order valence-electron chi connectivity index (χ0n) is 22.1. The Morgan fingerprint density at radius 2 is 1.52 bits per heavy atom. The Balaban J connectivity index is 1.43. The minimum Gasteiger partial charge on any atom is -0.450 e. The van der Waals surface area contributed by atoms with Crippen LogP contribution in [0, 0.1) is 34.1 Å². The summed E-state index contributed by atoms with van der Waals surface area (Å²) in [6.45, 7) is 3.64. The third-order valence-electron chi connectivity index (χ3n) is 6.56. The first-order valence-corrected chi connectivity index (χ1v) is 12.4. The number of barbiturate groups is 1. The van der Waals surface area contributed by atoms with Gasteiger partial charge in [-0.3, -0.25) is 35.1 Å². The smallest absolute Gasteiger partial charge is 0.335 e. The zero-order chi connectivity index (χ0) is 30.1. The predicted octanol–water partition coefficient (Wildman–Crippen LogP) is 5.37. The van der Waals surface area contributed by atoms with Gasteiger partial charge in [0.05, 0.1) is 21.6 Å². The first kappa shape index (κ1) is 27.5. The number of nitro groups is 2. The molecule has 4 aromatic rings. The van der Waals surface area contributed by atoms with Crippen LogP contribution in [0.5, 0.6) is 11.5 Å². The van der Waals surface area contributed by atoms with E-state index in [2.05, 4.69) is 5.32 Å². The first-order valence-electron chi connectivity index (χ1n) is 12.4. The van der Waals surface area contributed by atoms with Crippen molar-refractivity contribution >= 4 is 41.0 Å². The third-order valence-corrected chi connectivity index (χ3v) is 6.56. The largest absolute Gasteiger partial charge is 0.450 e. The Labute approximate surface area is 237 Å². The molecule has 0 unspecified atom stereocenters. The summed E-state index contributed by atoms with van der Waals surface area (Å²) in [5.74, 6) is -1.44. The van der Waals surface area contributed by atoms with Crippen molar-refractivity contribution in [3.8, 4) is 17.2 Å². The second-order valence-electron chi connectivity index (χ2n) is 9.22. The van der Waals surface area contributed by atoms with E-state index >= 15 is 0 Å². The lowest BCUT2D eigenvalue weighted by Crippen LogP contribution is -2.54. The van der Waals surface area contributed by atoms with E-state index in [0.717, 1.165) is 22.7 Å². The molecule has 13 heteroatoms. The van der Waals surface area contributed by atoms with Gasteiger partial charge >= 0.3 is 11.7 Å². The van der Waals surface area contributed by atoms with Gasteiger partial charge in [0, 0.05) is 23.1 Å². The Morgan fingerprint density at radius 3 is 2.17 bits per heavy atom. The molecule has 1 N–H and O–H groups in total. The predicted molar refractivity (Wildman–Crippen MR) is 151 cm³/mol. The molecule has 210 valence electrons. The molecule has 0 radical (unpaired) electrons. The normalized spacial score (nSPS) is 14.2. The molecule has 1 aromatic heterocycles. The van der Waals surface area contributed by atoms with Crippen LogP contribution in [0.4, 0.5) is 21.9 Å². The number of benzene rings is 3. The van der Waals surface area contributed by atoms with Crippen molar-refractivity contribution in [3.05, 3.63) is 122 Å². The molecular formula is C29H21N5O8. The number of non-ortho nitro benzene ring substituents is 1. The van der Waals surface area contributed by atoms with E-state index in [0.29, 0.717) is 22.6 Å². The van der Waals surface area contributed by atoms with E-state index in [1.807, 2.05) is 11.5 Å². The molecule has 2 heterocycles. The van der Waals surface area contributed by atoms with Crippen LogP contribution in [-0.2, 0) is 9.59 Å². The number of nitrogens with zero attached hydrogens (tertiary/aromatic N) is 4. The number of nitro benzene ring substituents is 2. The molecule has 42 heavy (non-hydrogen) atoms. The first-order chi connectivity index (χ1) is 20.0. The second kappa shape index (κ2) is 10.8. The van der Waals surface area contributed by atoms with E-state index in [9.17, 15) is 34.6 Å². The Hall–Kier alpha value is -6.11. The van der Waals surface area contributed by atoms with Gasteiger partial charge in [0.25, 0.3) is 17.5 Å². The number of carbonyl (C=O) groups is 3. The molecule has 3 aromatic carbocycles. The molecule has 1 aliphatic rings. The molecule has 0 saturated carbocycles. The minimum atomic E-state index is -0.833. The number of anilines is 1. The van der Waals surface area contributed by atoms with Crippen LogP contribution in [0.3, 0.4) is 0 Å². The highest BCUT2D eigenvalue weighted by Gasteiger charge is 2.37. The molecule has 0 atom stereocenters. The van der Waals surface area contributed by atoms with Gasteiger partial charge in [-0.1, -0.05) is 18.2 Å². The maximum Gasteiger partial charge on any atom is 0.335 e. The van der Waals surface area contributed by atoms with Crippen molar-refractivity contribution in [2.24, 2.45) is 0 Å². The molecule has 0 aliphatic carbocycles. The number of nitrogens with one attached hydrogen (secondary N) is 1. The number of imide groups is 2. The fourth-order valence-electron chi connectivity index (χ4n) is 4.59. The molecule has 0 bridgehead atoms. The summed E-state index contributed by atoms with van der Waals surface area (Å²) < 4.78 is 7.52. The van der Waals surface area contributed by atoms with Crippen molar-refractivity contribution in [1.82, 2.24) is 9.88 Å². The zero-order valence-corrected chi connectivity index (χ0v) is 22.1. The van der Waals surface area contributed by atoms with Crippen LogP contribution in [0.1, 0.15) is 17.0 Å². The van der Waals surface area contributed by atoms with E-state index < -0.39 is 39.1 Å². The third kappa shape index (κ3) is 5.09. The second-order valence-corrected chi connectivity index (χ2v) is 9.22. The average Bonchev–Trinajstić information content (AvgIpc) is 3.24. The van der Waals surface area contributed by atoms with Gasteiger partial charge in [-0.2, -0.15) is 0 Å². The molecule has 1 saturated heterocycles. The number of ether oxygens (including phenoxy) is 1. The summed E-state index contributed by atoms with van der Waals surface area (Å²) in [4.78, 5) is 60.1. The Bertz CT molecular complexity index is 1810. The van der Waals surface area contributed by atoms with E-state index in [1.54, 1.807) is 67.6 Å². The fraction of sp³-hybridized carbons (Fsp3) is 0.0690. The van der Waals surface area contributed by atoms with Crippen molar-refractivity contribution in [3.63, 3.8) is 0 Å². The van der Waals surface area contributed by atoms with E-state index in [1.165, 1.54) is 12.1 Å². The number of rotatable bonds is 7. The molecular weight excluding hydrogens is 546 g/mol. The maximum absolute atomic E-state index is 13.2. The van der Waals surface area contributed by atoms with Crippen molar-refractivity contribution in [2.45, 2.75) is 13.8 Å². The highest BCUT2D eigenvalue weighted by molar-refractivity contribution is 6.39. The highest BCUT2D eigenvalue weighted by Crippen LogP contribution is 2.35. The lowest BCUT2D eigenvalue weighted by Gasteiger charge is -2.26. The van der Waals surface area contributed by atoms with E-state index in [4.69, 9.17) is 4.74 Å². The van der Waals surface area contributed by atoms with Crippen molar-refractivity contribution in [2.75, 3.05) is 4.90 Å². The lowest BCUT2D eigenvalue weighted by molar-refractivity contribution is -0.394. The van der Waals surface area contributed by atoms with Gasteiger partial charge in [-0.25, -0.2) is 9.69 Å². The number of carbonyl (C=O) groups excluding carboxylic acids is 3. The molecule has 0 spiro atoms. The minimum absolute atomic E-state index is 0.154. The lowest BCUT2D eigenvalue weighted by atomic mass is 10.1. The SMILES string of the molecule is Cc1cc(/C=C2\C(=O)NC(=O)N(c3ccccc3)C2=O)c(C)n1-c1ccc(Oc2ccc([N+](=O)[O-])cc2[N+](=O)[O-])cc1. The maximum atomic E-state index is 13.2. The molecule has 1 aliphatic heterocycles. The summed E-state index contributed by atoms with van der Waals surface area (Å²) in [5.41, 5.74) is 1.90. The molecule has 13 nitrogen and oxygen atoms in total. The number of para-hydroxylation sites is 1.